The molecule has 0 saturated heterocycles. The highest BCUT2D eigenvalue weighted by Gasteiger charge is 2.17. The predicted octanol–water partition coefficient (Wildman–Crippen LogP) is 3.53. The van der Waals surface area contributed by atoms with Crippen LogP contribution in [0.15, 0.2) is 55.0 Å². The Morgan fingerprint density at radius 2 is 1.53 bits per heavy atom. The van der Waals surface area contributed by atoms with Crippen LogP contribution in [0.2, 0.25) is 0 Å². The van der Waals surface area contributed by atoms with Crippen molar-refractivity contribution in [1.82, 2.24) is 4.98 Å². The molecule has 0 unspecified atom stereocenters. The number of benzene rings is 2. The topological polar surface area (TPSA) is 70.8 Å². The predicted molar refractivity (Wildman–Crippen MR) is 117 cm³/mol. The zero-order valence-electron chi connectivity index (χ0n) is 17.2. The molecule has 1 heterocycles. The molecule has 0 aliphatic carbocycles. The number of methoxy groups -OCH3 is 4. The van der Waals surface area contributed by atoms with E-state index >= 15 is 0 Å². The highest BCUT2D eigenvalue weighted by molar-refractivity contribution is 8.93. The Morgan fingerprint density at radius 1 is 0.900 bits per heavy atom. The van der Waals surface area contributed by atoms with E-state index in [2.05, 4.69) is 4.98 Å². The molecular formula is C22H24BrN2O5+. The van der Waals surface area contributed by atoms with Gasteiger partial charge in [0.1, 0.15) is 5.75 Å². The molecule has 1 aromatic heterocycles. The lowest BCUT2D eigenvalue weighted by Crippen LogP contribution is -2.37. The van der Waals surface area contributed by atoms with E-state index in [-0.39, 0.29) is 29.3 Å². The summed E-state index contributed by atoms with van der Waals surface area (Å²) in [6, 6.07) is 12.5. The number of Topliss-reactive ketones (excluding diaryl/α,β-unsaturated/α-hetero) is 1. The monoisotopic (exact) mass is 475 g/mol. The molecule has 0 aliphatic rings. The second-order valence-corrected chi connectivity index (χ2v) is 6.18. The van der Waals surface area contributed by atoms with Crippen LogP contribution in [0, 0.1) is 0 Å². The number of aromatic nitrogens is 2. The summed E-state index contributed by atoms with van der Waals surface area (Å²) >= 11 is 0. The summed E-state index contributed by atoms with van der Waals surface area (Å²) in [5.74, 6) is 2.32. The Morgan fingerprint density at radius 3 is 2.00 bits per heavy atom. The fourth-order valence-electron chi connectivity index (χ4n) is 2.91. The van der Waals surface area contributed by atoms with Crippen molar-refractivity contribution in [2.45, 2.75) is 6.54 Å². The molecule has 3 rings (SSSR count). The number of hydrogen-bond donors (Lipinski definition) is 0. The summed E-state index contributed by atoms with van der Waals surface area (Å²) in [6.07, 6.45) is 3.44. The van der Waals surface area contributed by atoms with Crippen molar-refractivity contribution in [2.75, 3.05) is 28.4 Å². The maximum Gasteiger partial charge on any atom is 0.287 e. The van der Waals surface area contributed by atoms with Crippen molar-refractivity contribution in [3.63, 3.8) is 0 Å². The third-order valence-corrected chi connectivity index (χ3v) is 4.47. The minimum absolute atomic E-state index is 0. The lowest BCUT2D eigenvalue weighted by atomic mass is 10.1. The highest BCUT2D eigenvalue weighted by atomic mass is 79.9. The van der Waals surface area contributed by atoms with Crippen molar-refractivity contribution in [3.8, 4) is 34.3 Å². The quantitative estimate of drug-likeness (QED) is 0.366. The second-order valence-electron chi connectivity index (χ2n) is 6.18. The molecule has 0 saturated carbocycles. The van der Waals surface area contributed by atoms with Gasteiger partial charge >= 0.3 is 0 Å². The van der Waals surface area contributed by atoms with Crippen LogP contribution < -0.4 is 23.5 Å². The standard InChI is InChI=1S/C22H23N2O5.BrH/c1-26-17-7-5-15(6-8-17)19(25)13-24-10-9-18(23-14-24)16-11-20(27-2)22(29-4)21(12-16)28-3;/h5-12,14H,13H2,1-4H3;1H/q+1;. The lowest BCUT2D eigenvalue weighted by molar-refractivity contribution is -0.686. The summed E-state index contributed by atoms with van der Waals surface area (Å²) in [5, 5.41) is 0. The Labute approximate surface area is 186 Å². The van der Waals surface area contributed by atoms with Gasteiger partial charge in [-0.1, -0.05) is 0 Å². The number of ketones is 1. The molecular weight excluding hydrogens is 452 g/mol. The largest absolute Gasteiger partial charge is 0.497 e. The van der Waals surface area contributed by atoms with Gasteiger partial charge in [0, 0.05) is 17.2 Å². The number of hydrogen-bond acceptors (Lipinski definition) is 6. The summed E-state index contributed by atoms with van der Waals surface area (Å²) in [6.45, 7) is 0.189. The van der Waals surface area contributed by atoms with Gasteiger partial charge in [-0.2, -0.15) is 0 Å². The minimum atomic E-state index is -0.0139. The molecule has 30 heavy (non-hydrogen) atoms. The molecule has 0 aliphatic heterocycles. The van der Waals surface area contributed by atoms with E-state index in [9.17, 15) is 4.79 Å². The normalized spacial score (nSPS) is 10.0. The smallest absolute Gasteiger partial charge is 0.287 e. The van der Waals surface area contributed by atoms with Crippen LogP contribution in [-0.4, -0.2) is 39.2 Å². The minimum Gasteiger partial charge on any atom is -0.497 e. The van der Waals surface area contributed by atoms with Crippen molar-refractivity contribution in [2.24, 2.45) is 0 Å². The fourth-order valence-corrected chi connectivity index (χ4v) is 2.91. The number of rotatable bonds is 8. The molecule has 2 aromatic carbocycles. The van der Waals surface area contributed by atoms with Crippen LogP contribution in [0.4, 0.5) is 0 Å². The Hall–Kier alpha value is -3.13. The zero-order valence-corrected chi connectivity index (χ0v) is 19.0. The van der Waals surface area contributed by atoms with Gasteiger partial charge in [-0.3, -0.25) is 4.79 Å². The van der Waals surface area contributed by atoms with Crippen LogP contribution in [0.25, 0.3) is 11.3 Å². The molecule has 3 aromatic rings. The van der Waals surface area contributed by atoms with Crippen molar-refractivity contribution < 1.29 is 28.3 Å². The Balaban J connectivity index is 0.00000320. The third kappa shape index (κ3) is 5.07. The van der Waals surface area contributed by atoms with Gasteiger partial charge < -0.3 is 18.9 Å². The van der Waals surface area contributed by atoms with E-state index in [1.807, 2.05) is 24.4 Å². The van der Waals surface area contributed by atoms with Crippen LogP contribution in [0.5, 0.6) is 23.0 Å². The van der Waals surface area contributed by atoms with Gasteiger partial charge in [-0.05, 0) is 41.4 Å². The van der Waals surface area contributed by atoms with Crippen LogP contribution in [0.1, 0.15) is 10.4 Å². The lowest BCUT2D eigenvalue weighted by Gasteiger charge is -2.13. The summed E-state index contributed by atoms with van der Waals surface area (Å²) < 4.78 is 23.0. The molecule has 7 nitrogen and oxygen atoms in total. The van der Waals surface area contributed by atoms with Gasteiger partial charge in [0.15, 0.2) is 23.7 Å². The Bertz CT molecular complexity index is 966. The average molecular weight is 476 g/mol. The van der Waals surface area contributed by atoms with Crippen molar-refractivity contribution in [1.29, 1.82) is 0 Å². The van der Waals surface area contributed by atoms with Crippen LogP contribution in [0.3, 0.4) is 0 Å². The maximum atomic E-state index is 12.5. The number of nitrogens with zero attached hydrogens (tertiary/aromatic N) is 2. The zero-order chi connectivity index (χ0) is 20.8. The van der Waals surface area contributed by atoms with E-state index < -0.39 is 0 Å². The molecule has 0 spiro atoms. The van der Waals surface area contributed by atoms with E-state index in [1.165, 1.54) is 0 Å². The number of halogens is 1. The molecule has 8 heteroatoms. The first-order valence-corrected chi connectivity index (χ1v) is 8.92. The van der Waals surface area contributed by atoms with E-state index in [4.69, 9.17) is 18.9 Å². The number of carbonyl (C=O) groups excluding carboxylic acids is 1. The SMILES string of the molecule is Br.COc1ccc(C(=O)C[n+]2ccc(-c3cc(OC)c(OC)c(OC)c3)nc2)cc1. The van der Waals surface area contributed by atoms with Crippen molar-refractivity contribution in [3.05, 3.63) is 60.6 Å². The highest BCUT2D eigenvalue weighted by Crippen LogP contribution is 2.40. The molecule has 0 N–H and O–H groups in total. The van der Waals surface area contributed by atoms with Crippen molar-refractivity contribution >= 4 is 22.8 Å². The summed E-state index contributed by atoms with van der Waals surface area (Å²) in [7, 11) is 6.29. The average Bonchev–Trinajstić information content (AvgIpc) is 2.78. The number of carbonyl (C=O) groups is 1. The summed E-state index contributed by atoms with van der Waals surface area (Å²) in [4.78, 5) is 16.9. The maximum absolute atomic E-state index is 12.5. The van der Waals surface area contributed by atoms with Gasteiger partial charge in [-0.25, -0.2) is 4.57 Å². The van der Waals surface area contributed by atoms with Gasteiger partial charge in [0.05, 0.1) is 34.6 Å². The van der Waals surface area contributed by atoms with Gasteiger partial charge in [-0.15, -0.1) is 17.0 Å². The first-order chi connectivity index (χ1) is 14.1. The molecule has 0 radical (unpaired) electrons. The van der Waals surface area contributed by atoms with E-state index in [0.29, 0.717) is 28.6 Å². The molecule has 0 atom stereocenters. The fraction of sp³-hybridized carbons (Fsp3) is 0.227. The molecule has 0 fully saturated rings. The second kappa shape index (κ2) is 10.6. The molecule has 0 bridgehead atoms. The first kappa shape index (κ1) is 23.2. The first-order valence-electron chi connectivity index (χ1n) is 8.92. The van der Waals surface area contributed by atoms with Crippen LogP contribution >= 0.6 is 17.0 Å². The molecule has 0 amide bonds. The van der Waals surface area contributed by atoms with Gasteiger partial charge in [0.2, 0.25) is 11.5 Å². The molecule has 158 valence electrons. The van der Waals surface area contributed by atoms with Gasteiger partial charge in [0.25, 0.3) is 6.33 Å². The Kier molecular flexibility index (Phi) is 8.17. The van der Waals surface area contributed by atoms with Crippen LogP contribution in [-0.2, 0) is 6.54 Å². The number of ether oxygens (including phenoxy) is 4. The van der Waals surface area contributed by atoms with E-state index in [0.717, 1.165) is 11.3 Å². The summed E-state index contributed by atoms with van der Waals surface area (Å²) in [5.41, 5.74) is 2.15. The van der Waals surface area contributed by atoms with E-state index in [1.54, 1.807) is 63.6 Å². The third-order valence-electron chi connectivity index (χ3n) is 4.47.